The molecule has 3 aromatic heterocycles. The van der Waals surface area contributed by atoms with E-state index in [0.29, 0.717) is 6.54 Å². The normalized spacial score (nSPS) is 17.5. The molecule has 26 heavy (non-hydrogen) atoms. The predicted octanol–water partition coefficient (Wildman–Crippen LogP) is 2.40. The van der Waals surface area contributed by atoms with Crippen LogP contribution >= 0.6 is 0 Å². The van der Waals surface area contributed by atoms with Crippen molar-refractivity contribution in [2.24, 2.45) is 0 Å². The molecule has 4 rings (SSSR count). The molecule has 4 heterocycles. The number of pyridine rings is 1. The number of hydrogen-bond donors (Lipinski definition) is 2. The molecule has 2 amide bonds. The van der Waals surface area contributed by atoms with Crippen molar-refractivity contribution in [3.05, 3.63) is 42.6 Å². The van der Waals surface area contributed by atoms with Crippen molar-refractivity contribution in [2.45, 2.75) is 19.9 Å². The van der Waals surface area contributed by atoms with E-state index in [-0.39, 0.29) is 12.1 Å². The third-order valence-electron chi connectivity index (χ3n) is 4.77. The Morgan fingerprint density at radius 1 is 1.27 bits per heavy atom. The first-order valence-electron chi connectivity index (χ1n) is 8.65. The summed E-state index contributed by atoms with van der Waals surface area (Å²) in [5.41, 5.74) is 2.72. The second kappa shape index (κ2) is 6.62. The minimum atomic E-state index is -0.0889. The number of urea groups is 1. The van der Waals surface area contributed by atoms with Crippen LogP contribution < -0.4 is 10.2 Å². The van der Waals surface area contributed by atoms with Crippen LogP contribution in [0.2, 0.25) is 0 Å². The largest absolute Gasteiger partial charge is 0.352 e. The number of aromatic nitrogens is 4. The van der Waals surface area contributed by atoms with Crippen LogP contribution in [0, 0.1) is 6.92 Å². The van der Waals surface area contributed by atoms with Gasteiger partial charge in [0.15, 0.2) is 0 Å². The number of rotatable bonds is 2. The van der Waals surface area contributed by atoms with E-state index in [1.165, 1.54) is 0 Å². The van der Waals surface area contributed by atoms with E-state index >= 15 is 0 Å². The zero-order chi connectivity index (χ0) is 18.1. The van der Waals surface area contributed by atoms with E-state index in [9.17, 15) is 4.79 Å². The molecular formula is C18H21N7O. The number of aromatic amines is 1. The maximum Gasteiger partial charge on any atom is 0.322 e. The number of carbonyl (C=O) groups is 1. The minimum absolute atomic E-state index is 0.0647. The third kappa shape index (κ3) is 2.94. The number of nitrogens with one attached hydrogen (secondary N) is 2. The zero-order valence-corrected chi connectivity index (χ0v) is 14.8. The molecule has 1 saturated heterocycles. The van der Waals surface area contributed by atoms with Crippen molar-refractivity contribution >= 4 is 28.6 Å². The highest BCUT2D eigenvalue weighted by Crippen LogP contribution is 2.27. The summed E-state index contributed by atoms with van der Waals surface area (Å²) in [6.45, 7) is 6.19. The first-order chi connectivity index (χ1) is 12.6. The number of fused-ring (bicyclic) bond motifs is 1. The molecule has 1 aliphatic heterocycles. The molecule has 134 valence electrons. The van der Waals surface area contributed by atoms with Crippen LogP contribution in [-0.4, -0.2) is 56.5 Å². The highest BCUT2D eigenvalue weighted by molar-refractivity contribution is 5.91. The lowest BCUT2D eigenvalue weighted by Crippen LogP contribution is -2.55. The van der Waals surface area contributed by atoms with Gasteiger partial charge >= 0.3 is 6.03 Å². The monoisotopic (exact) mass is 351 g/mol. The van der Waals surface area contributed by atoms with E-state index in [2.05, 4.69) is 37.1 Å². The van der Waals surface area contributed by atoms with Crippen LogP contribution in [0.5, 0.6) is 0 Å². The fourth-order valence-corrected chi connectivity index (χ4v) is 3.42. The SMILES string of the molecule is Cc1c[nH]c2ncnc(N3CCN(C(=O)Nc4ccncc4)[C@@H](C)C3)c12. The number of amides is 2. The Bertz CT molecular complexity index is 924. The molecule has 8 nitrogen and oxygen atoms in total. The molecule has 0 saturated carbocycles. The fraction of sp³-hybridized carbons (Fsp3) is 0.333. The molecule has 3 aromatic rings. The number of anilines is 2. The minimum Gasteiger partial charge on any atom is -0.352 e. The van der Waals surface area contributed by atoms with Gasteiger partial charge in [0.25, 0.3) is 0 Å². The predicted molar refractivity (Wildman–Crippen MR) is 100 cm³/mol. The van der Waals surface area contributed by atoms with Crippen LogP contribution in [0.4, 0.5) is 16.3 Å². The van der Waals surface area contributed by atoms with Gasteiger partial charge in [0, 0.05) is 50.0 Å². The number of piperazine rings is 1. The standard InChI is InChI=1S/C18H21N7O/c1-12-9-20-16-15(12)17(22-11-21-16)24-7-8-25(13(2)10-24)18(26)23-14-3-5-19-6-4-14/h3-6,9,11,13H,7-8,10H2,1-2H3,(H,19,23,26)(H,20,21,22)/t13-/m0/s1. The summed E-state index contributed by atoms with van der Waals surface area (Å²) in [6, 6.07) is 3.54. The van der Waals surface area contributed by atoms with Gasteiger partial charge in [-0.1, -0.05) is 0 Å². The van der Waals surface area contributed by atoms with Crippen molar-refractivity contribution < 1.29 is 4.79 Å². The van der Waals surface area contributed by atoms with Gasteiger partial charge in [-0.15, -0.1) is 0 Å². The van der Waals surface area contributed by atoms with Gasteiger partial charge in [-0.3, -0.25) is 4.98 Å². The molecule has 0 bridgehead atoms. The number of nitrogens with zero attached hydrogens (tertiary/aromatic N) is 5. The Kier molecular flexibility index (Phi) is 4.16. The highest BCUT2D eigenvalue weighted by Gasteiger charge is 2.29. The van der Waals surface area contributed by atoms with Gasteiger partial charge in [-0.2, -0.15) is 0 Å². The van der Waals surface area contributed by atoms with Crippen molar-refractivity contribution in [3.8, 4) is 0 Å². The molecule has 0 aliphatic carbocycles. The lowest BCUT2D eigenvalue weighted by atomic mass is 10.1. The molecule has 1 atom stereocenters. The summed E-state index contributed by atoms with van der Waals surface area (Å²) in [7, 11) is 0. The molecule has 0 aromatic carbocycles. The third-order valence-corrected chi connectivity index (χ3v) is 4.77. The van der Waals surface area contributed by atoms with Crippen LogP contribution in [0.3, 0.4) is 0 Å². The van der Waals surface area contributed by atoms with E-state index in [1.54, 1.807) is 30.9 Å². The number of H-pyrrole nitrogens is 1. The second-order valence-corrected chi connectivity index (χ2v) is 6.55. The second-order valence-electron chi connectivity index (χ2n) is 6.55. The maximum absolute atomic E-state index is 12.6. The van der Waals surface area contributed by atoms with Crippen molar-refractivity contribution in [2.75, 3.05) is 29.9 Å². The molecule has 1 aliphatic rings. The number of hydrogen-bond acceptors (Lipinski definition) is 5. The van der Waals surface area contributed by atoms with E-state index in [0.717, 1.165) is 41.2 Å². The molecule has 1 fully saturated rings. The van der Waals surface area contributed by atoms with Crippen LogP contribution in [-0.2, 0) is 0 Å². The lowest BCUT2D eigenvalue weighted by Gasteiger charge is -2.40. The fourth-order valence-electron chi connectivity index (χ4n) is 3.42. The first-order valence-corrected chi connectivity index (χ1v) is 8.65. The zero-order valence-electron chi connectivity index (χ0n) is 14.8. The molecule has 0 radical (unpaired) electrons. The molecular weight excluding hydrogens is 330 g/mol. The van der Waals surface area contributed by atoms with Gasteiger partial charge < -0.3 is 20.1 Å². The first kappa shape index (κ1) is 16.3. The van der Waals surface area contributed by atoms with Crippen molar-refractivity contribution in [1.82, 2.24) is 24.8 Å². The van der Waals surface area contributed by atoms with Crippen LogP contribution in [0.15, 0.2) is 37.1 Å². The molecule has 8 heteroatoms. The Morgan fingerprint density at radius 3 is 2.85 bits per heavy atom. The summed E-state index contributed by atoms with van der Waals surface area (Å²) in [5, 5.41) is 3.98. The highest BCUT2D eigenvalue weighted by atomic mass is 16.2. The van der Waals surface area contributed by atoms with E-state index in [4.69, 9.17) is 0 Å². The maximum atomic E-state index is 12.6. The average molecular weight is 351 g/mol. The van der Waals surface area contributed by atoms with Gasteiger partial charge in [0.2, 0.25) is 0 Å². The smallest absolute Gasteiger partial charge is 0.322 e. The Balaban J connectivity index is 1.49. The topological polar surface area (TPSA) is 90.0 Å². The summed E-state index contributed by atoms with van der Waals surface area (Å²) >= 11 is 0. The number of aryl methyl sites for hydroxylation is 1. The summed E-state index contributed by atoms with van der Waals surface area (Å²) in [5.74, 6) is 0.926. The molecule has 0 spiro atoms. The molecule has 0 unspecified atom stereocenters. The Morgan fingerprint density at radius 2 is 2.08 bits per heavy atom. The quantitative estimate of drug-likeness (QED) is 0.740. The lowest BCUT2D eigenvalue weighted by molar-refractivity contribution is 0.184. The molecule has 2 N–H and O–H groups in total. The summed E-state index contributed by atoms with van der Waals surface area (Å²) < 4.78 is 0. The summed E-state index contributed by atoms with van der Waals surface area (Å²) in [4.78, 5) is 32.6. The number of carbonyl (C=O) groups excluding carboxylic acids is 1. The van der Waals surface area contributed by atoms with Gasteiger partial charge in [-0.05, 0) is 31.5 Å². The van der Waals surface area contributed by atoms with Gasteiger partial charge in [0.05, 0.1) is 5.39 Å². The van der Waals surface area contributed by atoms with Gasteiger partial charge in [0.1, 0.15) is 17.8 Å². The average Bonchev–Trinajstić information content (AvgIpc) is 3.04. The van der Waals surface area contributed by atoms with Crippen LogP contribution in [0.25, 0.3) is 11.0 Å². The van der Waals surface area contributed by atoms with Gasteiger partial charge in [-0.25, -0.2) is 14.8 Å². The Labute approximate surface area is 151 Å². The van der Waals surface area contributed by atoms with Crippen molar-refractivity contribution in [1.29, 1.82) is 0 Å². The van der Waals surface area contributed by atoms with E-state index in [1.807, 2.05) is 18.0 Å². The van der Waals surface area contributed by atoms with Crippen LogP contribution in [0.1, 0.15) is 12.5 Å². The Hall–Kier alpha value is -3.16. The van der Waals surface area contributed by atoms with Crippen molar-refractivity contribution in [3.63, 3.8) is 0 Å². The summed E-state index contributed by atoms with van der Waals surface area (Å²) in [6.07, 6.45) is 6.86. The van der Waals surface area contributed by atoms with E-state index < -0.39 is 0 Å².